The summed E-state index contributed by atoms with van der Waals surface area (Å²) < 4.78 is 4.73. The van der Waals surface area contributed by atoms with E-state index in [9.17, 15) is 0 Å². The van der Waals surface area contributed by atoms with Crippen LogP contribution in [0.1, 0.15) is 12.8 Å². The van der Waals surface area contributed by atoms with Crippen LogP contribution in [0.15, 0.2) is 0 Å². The molecule has 2 atom stereocenters. The first-order valence-corrected chi connectivity index (χ1v) is 3.29. The number of ether oxygens (including phenoxy) is 1. The molecule has 2 N–H and O–H groups in total. The molecule has 1 saturated heterocycles. The van der Waals surface area contributed by atoms with E-state index < -0.39 is 6.29 Å². The van der Waals surface area contributed by atoms with E-state index in [1.54, 1.807) is 0 Å². The minimum absolute atomic E-state index is 0.162. The Morgan fingerprint density at radius 2 is 2.56 bits per heavy atom. The quantitative estimate of drug-likeness (QED) is 0.506. The summed E-state index contributed by atoms with van der Waals surface area (Å²) in [7, 11) is 1.52. The molecule has 0 aliphatic carbocycles. The van der Waals surface area contributed by atoms with E-state index in [0.717, 1.165) is 19.4 Å². The SMILES string of the molecule is COC(O)C1CCCN1. The molecule has 0 radical (unpaired) electrons. The molecule has 0 spiro atoms. The number of nitrogens with one attached hydrogen (secondary N) is 1. The van der Waals surface area contributed by atoms with Gasteiger partial charge < -0.3 is 15.2 Å². The van der Waals surface area contributed by atoms with Crippen molar-refractivity contribution in [2.24, 2.45) is 0 Å². The predicted molar refractivity (Wildman–Crippen MR) is 34.0 cm³/mol. The molecular weight excluding hydrogens is 118 g/mol. The number of methoxy groups -OCH3 is 1. The fourth-order valence-corrected chi connectivity index (χ4v) is 1.12. The molecule has 3 heteroatoms. The van der Waals surface area contributed by atoms with Gasteiger partial charge in [0.15, 0.2) is 6.29 Å². The van der Waals surface area contributed by atoms with Gasteiger partial charge in [-0.2, -0.15) is 0 Å². The monoisotopic (exact) mass is 131 g/mol. The minimum Gasteiger partial charge on any atom is -0.367 e. The van der Waals surface area contributed by atoms with Gasteiger partial charge in [-0.3, -0.25) is 0 Å². The maximum absolute atomic E-state index is 9.07. The lowest BCUT2D eigenvalue weighted by Crippen LogP contribution is -2.35. The number of hydrogen-bond acceptors (Lipinski definition) is 3. The fourth-order valence-electron chi connectivity index (χ4n) is 1.12. The maximum Gasteiger partial charge on any atom is 0.169 e. The Morgan fingerprint density at radius 3 is 3.00 bits per heavy atom. The van der Waals surface area contributed by atoms with Gasteiger partial charge in [0.2, 0.25) is 0 Å². The summed E-state index contributed by atoms with van der Waals surface area (Å²) in [5, 5.41) is 12.2. The first-order valence-electron chi connectivity index (χ1n) is 3.29. The maximum atomic E-state index is 9.07. The second-order valence-corrected chi connectivity index (χ2v) is 2.33. The molecule has 3 nitrogen and oxygen atoms in total. The van der Waals surface area contributed by atoms with Gasteiger partial charge in [-0.15, -0.1) is 0 Å². The lowest BCUT2D eigenvalue weighted by molar-refractivity contribution is -0.0931. The van der Waals surface area contributed by atoms with Crippen LogP contribution in [0.5, 0.6) is 0 Å². The van der Waals surface area contributed by atoms with E-state index in [1.165, 1.54) is 7.11 Å². The molecule has 0 aromatic rings. The normalized spacial score (nSPS) is 30.7. The van der Waals surface area contributed by atoms with Crippen LogP contribution >= 0.6 is 0 Å². The van der Waals surface area contributed by atoms with Gasteiger partial charge in [0, 0.05) is 7.11 Å². The molecule has 0 aromatic heterocycles. The average molecular weight is 131 g/mol. The number of aliphatic hydroxyl groups is 1. The third-order valence-corrected chi connectivity index (χ3v) is 1.68. The smallest absolute Gasteiger partial charge is 0.169 e. The first-order chi connectivity index (χ1) is 4.34. The number of aliphatic hydroxyl groups excluding tert-OH is 1. The van der Waals surface area contributed by atoms with E-state index in [1.807, 2.05) is 0 Å². The molecule has 0 amide bonds. The fraction of sp³-hybridized carbons (Fsp3) is 1.00. The molecule has 2 unspecified atom stereocenters. The van der Waals surface area contributed by atoms with Crippen LogP contribution in [-0.4, -0.2) is 31.1 Å². The van der Waals surface area contributed by atoms with Crippen molar-refractivity contribution in [3.05, 3.63) is 0 Å². The van der Waals surface area contributed by atoms with Crippen molar-refractivity contribution in [2.45, 2.75) is 25.2 Å². The molecule has 1 aliphatic rings. The summed E-state index contributed by atoms with van der Waals surface area (Å²) in [5.41, 5.74) is 0. The second kappa shape index (κ2) is 3.15. The zero-order valence-electron chi connectivity index (χ0n) is 5.63. The van der Waals surface area contributed by atoms with Gasteiger partial charge in [-0.1, -0.05) is 0 Å². The molecule has 1 fully saturated rings. The highest BCUT2D eigenvalue weighted by Gasteiger charge is 2.21. The van der Waals surface area contributed by atoms with E-state index in [-0.39, 0.29) is 6.04 Å². The molecule has 1 rings (SSSR count). The highest BCUT2D eigenvalue weighted by atomic mass is 16.6. The van der Waals surface area contributed by atoms with Crippen LogP contribution in [0.3, 0.4) is 0 Å². The largest absolute Gasteiger partial charge is 0.367 e. The third-order valence-electron chi connectivity index (χ3n) is 1.68. The van der Waals surface area contributed by atoms with Crippen molar-refractivity contribution in [1.82, 2.24) is 5.32 Å². The van der Waals surface area contributed by atoms with Crippen molar-refractivity contribution >= 4 is 0 Å². The van der Waals surface area contributed by atoms with Crippen molar-refractivity contribution in [1.29, 1.82) is 0 Å². The van der Waals surface area contributed by atoms with E-state index in [2.05, 4.69) is 5.32 Å². The van der Waals surface area contributed by atoms with Crippen LogP contribution < -0.4 is 5.32 Å². The highest BCUT2D eigenvalue weighted by Crippen LogP contribution is 2.08. The van der Waals surface area contributed by atoms with Crippen LogP contribution in [-0.2, 0) is 4.74 Å². The first kappa shape index (κ1) is 6.99. The summed E-state index contributed by atoms with van der Waals surface area (Å²) in [5.74, 6) is 0. The molecule has 9 heavy (non-hydrogen) atoms. The molecule has 0 bridgehead atoms. The van der Waals surface area contributed by atoms with Gasteiger partial charge in [0.25, 0.3) is 0 Å². The van der Waals surface area contributed by atoms with Crippen LogP contribution in [0.25, 0.3) is 0 Å². The topological polar surface area (TPSA) is 41.5 Å². The number of hydrogen-bond donors (Lipinski definition) is 2. The Bertz CT molecular complexity index is 81.1. The van der Waals surface area contributed by atoms with Gasteiger partial charge in [0.1, 0.15) is 0 Å². The molecule has 1 aliphatic heterocycles. The van der Waals surface area contributed by atoms with Crippen molar-refractivity contribution < 1.29 is 9.84 Å². The lowest BCUT2D eigenvalue weighted by atomic mass is 10.2. The third kappa shape index (κ3) is 1.64. The Labute approximate surface area is 55.0 Å². The second-order valence-electron chi connectivity index (χ2n) is 2.33. The molecular formula is C6H13NO2. The Balaban J connectivity index is 2.24. The Hall–Kier alpha value is -0.120. The molecule has 0 saturated carbocycles. The van der Waals surface area contributed by atoms with Crippen molar-refractivity contribution in [2.75, 3.05) is 13.7 Å². The zero-order chi connectivity index (χ0) is 6.69. The Morgan fingerprint density at radius 1 is 1.78 bits per heavy atom. The average Bonchev–Trinajstić information content (AvgIpc) is 2.37. The minimum atomic E-state index is -0.618. The highest BCUT2D eigenvalue weighted by molar-refractivity contribution is 4.75. The van der Waals surface area contributed by atoms with E-state index in [0.29, 0.717) is 0 Å². The van der Waals surface area contributed by atoms with Crippen LogP contribution in [0.4, 0.5) is 0 Å². The summed E-state index contributed by atoms with van der Waals surface area (Å²) in [6, 6.07) is 0.162. The molecule has 0 aromatic carbocycles. The summed E-state index contributed by atoms with van der Waals surface area (Å²) in [6.45, 7) is 1.01. The van der Waals surface area contributed by atoms with Gasteiger partial charge >= 0.3 is 0 Å². The standard InChI is InChI=1S/C6H13NO2/c1-9-6(8)5-3-2-4-7-5/h5-8H,2-4H2,1H3. The van der Waals surface area contributed by atoms with Gasteiger partial charge in [0.05, 0.1) is 6.04 Å². The number of rotatable bonds is 2. The van der Waals surface area contributed by atoms with E-state index in [4.69, 9.17) is 9.84 Å². The summed E-state index contributed by atoms with van der Waals surface area (Å²) in [4.78, 5) is 0. The van der Waals surface area contributed by atoms with Crippen molar-refractivity contribution in [3.63, 3.8) is 0 Å². The van der Waals surface area contributed by atoms with E-state index >= 15 is 0 Å². The van der Waals surface area contributed by atoms with Crippen LogP contribution in [0.2, 0.25) is 0 Å². The predicted octanol–water partition coefficient (Wildman–Crippen LogP) is -0.297. The van der Waals surface area contributed by atoms with Crippen LogP contribution in [0, 0.1) is 0 Å². The van der Waals surface area contributed by atoms with Gasteiger partial charge in [-0.05, 0) is 19.4 Å². The Kier molecular flexibility index (Phi) is 2.45. The molecule has 54 valence electrons. The van der Waals surface area contributed by atoms with Crippen molar-refractivity contribution in [3.8, 4) is 0 Å². The van der Waals surface area contributed by atoms with Gasteiger partial charge in [-0.25, -0.2) is 0 Å². The summed E-state index contributed by atoms with van der Waals surface area (Å²) in [6.07, 6.45) is 1.55. The lowest BCUT2D eigenvalue weighted by Gasteiger charge is -2.15. The zero-order valence-corrected chi connectivity index (χ0v) is 5.63. The molecule has 1 heterocycles. The summed E-state index contributed by atoms with van der Waals surface area (Å²) >= 11 is 0.